The highest BCUT2D eigenvalue weighted by atomic mass is 32.1. The Morgan fingerprint density at radius 2 is 2.33 bits per heavy atom. The number of ether oxygens (including phenoxy) is 1. The van der Waals surface area contributed by atoms with Gasteiger partial charge in [-0.05, 0) is 49.8 Å². The molecule has 3 heterocycles. The summed E-state index contributed by atoms with van der Waals surface area (Å²) in [5.41, 5.74) is 3.10. The number of aromatic nitrogens is 1. The van der Waals surface area contributed by atoms with E-state index in [-0.39, 0.29) is 11.8 Å². The number of hydrogen-bond acceptors (Lipinski definition) is 8. The number of thiazole rings is 1. The first-order chi connectivity index (χ1) is 16.0. The number of rotatable bonds is 7. The van der Waals surface area contributed by atoms with Crippen LogP contribution in [-0.4, -0.2) is 23.6 Å². The Bertz CT molecular complexity index is 1200. The van der Waals surface area contributed by atoms with Gasteiger partial charge in [-0.15, -0.1) is 22.7 Å². The molecule has 8 nitrogen and oxygen atoms in total. The molecule has 1 atom stereocenters. The zero-order valence-corrected chi connectivity index (χ0v) is 19.6. The van der Waals surface area contributed by atoms with Crippen LogP contribution in [0.5, 0.6) is 0 Å². The highest BCUT2D eigenvalue weighted by Gasteiger charge is 2.27. The fourth-order valence-electron chi connectivity index (χ4n) is 3.59. The van der Waals surface area contributed by atoms with E-state index in [0.29, 0.717) is 36.6 Å². The van der Waals surface area contributed by atoms with Crippen LogP contribution >= 0.6 is 22.7 Å². The molecule has 10 heteroatoms. The molecule has 0 aromatic carbocycles. The predicted octanol–water partition coefficient (Wildman–Crippen LogP) is 4.66. The van der Waals surface area contributed by atoms with Crippen LogP contribution in [0.1, 0.15) is 38.7 Å². The molecule has 0 aliphatic heterocycles. The Hall–Kier alpha value is -3.42. The van der Waals surface area contributed by atoms with Crippen molar-refractivity contribution in [3.05, 3.63) is 62.3 Å². The maximum absolute atomic E-state index is 12.3. The number of carbonyl (C=O) groups excluding carboxylic acids is 2. The Morgan fingerprint density at radius 1 is 1.45 bits per heavy atom. The highest BCUT2D eigenvalue weighted by Crippen LogP contribution is 2.39. The fourth-order valence-corrected chi connectivity index (χ4v) is 5.52. The summed E-state index contributed by atoms with van der Waals surface area (Å²) in [6, 6.07) is 3.98. The molecule has 33 heavy (non-hydrogen) atoms. The van der Waals surface area contributed by atoms with E-state index in [1.54, 1.807) is 12.1 Å². The van der Waals surface area contributed by atoms with Crippen LogP contribution in [0.15, 0.2) is 34.5 Å². The van der Waals surface area contributed by atoms with Crippen LogP contribution in [0.4, 0.5) is 9.80 Å². The van der Waals surface area contributed by atoms with Gasteiger partial charge in [0.1, 0.15) is 11.1 Å². The van der Waals surface area contributed by atoms with Crippen molar-refractivity contribution < 1.29 is 18.7 Å². The van der Waals surface area contributed by atoms with Crippen molar-refractivity contribution >= 4 is 45.8 Å². The molecule has 4 rings (SSSR count). The number of nitriles is 1. The third-order valence-electron chi connectivity index (χ3n) is 5.22. The highest BCUT2D eigenvalue weighted by molar-refractivity contribution is 7.16. The number of thiophene rings is 1. The maximum Gasteiger partial charge on any atom is 0.407 e. The summed E-state index contributed by atoms with van der Waals surface area (Å²) < 4.78 is 10.4. The topological polar surface area (TPSA) is 117 Å². The zero-order chi connectivity index (χ0) is 23.2. The number of furan rings is 1. The second-order valence-electron chi connectivity index (χ2n) is 7.62. The average molecular weight is 483 g/mol. The third kappa shape index (κ3) is 5.88. The normalized spacial score (nSPS) is 15.1. The van der Waals surface area contributed by atoms with E-state index in [1.165, 1.54) is 41.3 Å². The molecule has 0 fully saturated rings. The van der Waals surface area contributed by atoms with Crippen LogP contribution in [0.2, 0.25) is 0 Å². The van der Waals surface area contributed by atoms with E-state index in [4.69, 9.17) is 9.15 Å². The first kappa shape index (κ1) is 22.8. The number of carbonyl (C=O) groups is 2. The molecule has 1 aliphatic rings. The first-order valence-electron chi connectivity index (χ1n) is 10.4. The number of anilines is 1. The SMILES string of the molecule is Cc1nc(CNC(=O)OCC2CCc3c(sc(NC(=O)C=Cc4ccoc4)c3C#N)C2)cs1. The smallest absolute Gasteiger partial charge is 0.407 e. The number of aryl methyl sites for hydroxylation is 1. The molecule has 0 spiro atoms. The monoisotopic (exact) mass is 482 g/mol. The third-order valence-corrected chi connectivity index (χ3v) is 7.21. The summed E-state index contributed by atoms with van der Waals surface area (Å²) in [5, 5.41) is 18.6. The van der Waals surface area contributed by atoms with Crippen LogP contribution in [0, 0.1) is 24.2 Å². The van der Waals surface area contributed by atoms with E-state index in [2.05, 4.69) is 21.7 Å². The molecule has 2 N–H and O–H groups in total. The molecule has 0 saturated carbocycles. The van der Waals surface area contributed by atoms with Crippen molar-refractivity contribution in [1.82, 2.24) is 10.3 Å². The minimum absolute atomic E-state index is 0.166. The largest absolute Gasteiger partial charge is 0.472 e. The second kappa shape index (κ2) is 10.5. The van der Waals surface area contributed by atoms with Gasteiger partial charge < -0.3 is 19.8 Å². The molecule has 2 amide bonds. The Balaban J connectivity index is 1.31. The Morgan fingerprint density at radius 3 is 3.06 bits per heavy atom. The van der Waals surface area contributed by atoms with E-state index in [1.807, 2.05) is 12.3 Å². The van der Waals surface area contributed by atoms with Crippen molar-refractivity contribution in [2.45, 2.75) is 32.7 Å². The van der Waals surface area contributed by atoms with Crippen LogP contribution in [0.25, 0.3) is 6.08 Å². The number of amides is 2. The molecule has 3 aromatic heterocycles. The lowest BCUT2D eigenvalue weighted by Crippen LogP contribution is -2.27. The zero-order valence-electron chi connectivity index (χ0n) is 17.9. The average Bonchev–Trinajstić information content (AvgIpc) is 3.54. The van der Waals surface area contributed by atoms with Crippen molar-refractivity contribution in [2.75, 3.05) is 11.9 Å². The fraction of sp³-hybridized carbons (Fsp3) is 0.304. The predicted molar refractivity (Wildman–Crippen MR) is 126 cm³/mol. The lowest BCUT2D eigenvalue weighted by atomic mass is 9.88. The molecule has 170 valence electrons. The molecule has 1 aliphatic carbocycles. The molecule has 0 saturated heterocycles. The summed E-state index contributed by atoms with van der Waals surface area (Å²) in [6.07, 6.45) is 7.88. The molecular formula is C23H22N4O4S2. The van der Waals surface area contributed by atoms with E-state index in [0.717, 1.165) is 33.1 Å². The van der Waals surface area contributed by atoms with Gasteiger partial charge in [-0.1, -0.05) is 0 Å². The van der Waals surface area contributed by atoms with Gasteiger partial charge in [0.05, 0.1) is 41.9 Å². The van der Waals surface area contributed by atoms with E-state index < -0.39 is 6.09 Å². The molecule has 0 bridgehead atoms. The van der Waals surface area contributed by atoms with Gasteiger partial charge in [0.25, 0.3) is 0 Å². The van der Waals surface area contributed by atoms with E-state index >= 15 is 0 Å². The van der Waals surface area contributed by atoms with Gasteiger partial charge in [0.2, 0.25) is 5.91 Å². The minimum atomic E-state index is -0.465. The first-order valence-corrected chi connectivity index (χ1v) is 12.1. The van der Waals surface area contributed by atoms with Crippen molar-refractivity contribution in [3.63, 3.8) is 0 Å². The standard InChI is InChI=1S/C23H22N4O4S2/c1-14-26-17(13-32-14)10-25-23(29)31-12-16-2-4-18-19(9-24)22(33-20(18)8-16)27-21(28)5-3-15-6-7-30-11-15/h3,5-7,11,13,16H,2,4,8,10,12H2,1H3,(H,25,29)(H,27,28). The lowest BCUT2D eigenvalue weighted by molar-refractivity contribution is -0.111. The van der Waals surface area contributed by atoms with Gasteiger partial charge in [-0.3, -0.25) is 4.79 Å². The van der Waals surface area contributed by atoms with Gasteiger partial charge in [0.15, 0.2) is 0 Å². The van der Waals surface area contributed by atoms with Crippen molar-refractivity contribution in [1.29, 1.82) is 5.26 Å². The van der Waals surface area contributed by atoms with Crippen molar-refractivity contribution in [2.24, 2.45) is 5.92 Å². The van der Waals surface area contributed by atoms with Crippen LogP contribution in [0.3, 0.4) is 0 Å². The van der Waals surface area contributed by atoms with E-state index in [9.17, 15) is 14.9 Å². The molecular weight excluding hydrogens is 460 g/mol. The maximum atomic E-state index is 12.3. The minimum Gasteiger partial charge on any atom is -0.472 e. The number of nitrogens with one attached hydrogen (secondary N) is 2. The second-order valence-corrected chi connectivity index (χ2v) is 9.79. The molecule has 1 unspecified atom stereocenters. The Labute approximate surface area is 198 Å². The number of nitrogens with zero attached hydrogens (tertiary/aromatic N) is 2. The molecule has 3 aromatic rings. The summed E-state index contributed by atoms with van der Waals surface area (Å²) in [4.78, 5) is 29.7. The summed E-state index contributed by atoms with van der Waals surface area (Å²) in [6.45, 7) is 2.56. The summed E-state index contributed by atoms with van der Waals surface area (Å²) >= 11 is 2.95. The van der Waals surface area contributed by atoms with Crippen LogP contribution in [-0.2, 0) is 28.9 Å². The van der Waals surface area contributed by atoms with Crippen LogP contribution < -0.4 is 10.6 Å². The summed E-state index contributed by atoms with van der Waals surface area (Å²) in [5.74, 6) is -0.141. The van der Waals surface area contributed by atoms with Crippen molar-refractivity contribution in [3.8, 4) is 6.07 Å². The molecule has 0 radical (unpaired) electrons. The van der Waals surface area contributed by atoms with Gasteiger partial charge >= 0.3 is 6.09 Å². The number of hydrogen-bond donors (Lipinski definition) is 2. The van der Waals surface area contributed by atoms with Gasteiger partial charge in [0, 0.05) is 21.9 Å². The summed E-state index contributed by atoms with van der Waals surface area (Å²) in [7, 11) is 0. The number of alkyl carbamates (subject to hydrolysis) is 1. The number of fused-ring (bicyclic) bond motifs is 1. The quantitative estimate of drug-likeness (QED) is 0.473. The Kier molecular flexibility index (Phi) is 7.22. The van der Waals surface area contributed by atoms with Gasteiger partial charge in [-0.25, -0.2) is 9.78 Å². The lowest BCUT2D eigenvalue weighted by Gasteiger charge is -2.21. The van der Waals surface area contributed by atoms with Gasteiger partial charge in [-0.2, -0.15) is 5.26 Å².